The summed E-state index contributed by atoms with van der Waals surface area (Å²) in [5.74, 6) is -0.360. The van der Waals surface area contributed by atoms with Gasteiger partial charge in [-0.3, -0.25) is 0 Å². The molecule has 0 bridgehead atoms. The number of hydrogen-bond donors (Lipinski definition) is 1. The predicted molar refractivity (Wildman–Crippen MR) is 60.9 cm³/mol. The van der Waals surface area contributed by atoms with Gasteiger partial charge in [-0.1, -0.05) is 6.92 Å². The van der Waals surface area contributed by atoms with Crippen molar-refractivity contribution in [3.05, 3.63) is 23.3 Å². The molecule has 0 spiro atoms. The van der Waals surface area contributed by atoms with Gasteiger partial charge in [0.25, 0.3) is 0 Å². The molecule has 1 aromatic rings. The Morgan fingerprint density at radius 1 is 1.59 bits per heavy atom. The minimum Gasteiger partial charge on any atom is -0.478 e. The topological polar surface area (TPSA) is 72.3 Å². The highest BCUT2D eigenvalue weighted by molar-refractivity contribution is 5.88. The van der Waals surface area contributed by atoms with Crippen LogP contribution in [0.4, 0.5) is 0 Å². The number of hydrogen-bond acceptors (Lipinski definition) is 4. The maximum absolute atomic E-state index is 11.0. The number of ether oxygens (including phenoxy) is 1. The lowest BCUT2D eigenvalue weighted by atomic mass is 9.79. The number of aromatic carboxylic acids is 1. The van der Waals surface area contributed by atoms with E-state index < -0.39 is 5.97 Å². The van der Waals surface area contributed by atoms with Crippen LogP contribution in [0.2, 0.25) is 0 Å². The molecule has 1 aliphatic carbocycles. The number of carboxylic acid groups (broad SMARTS) is 1. The van der Waals surface area contributed by atoms with Gasteiger partial charge >= 0.3 is 5.97 Å². The summed E-state index contributed by atoms with van der Waals surface area (Å²) >= 11 is 0. The molecular weight excluding hydrogens is 220 g/mol. The Hall–Kier alpha value is -1.49. The molecule has 1 aromatic heterocycles. The van der Waals surface area contributed by atoms with E-state index in [0.29, 0.717) is 17.9 Å². The fraction of sp³-hybridized carbons (Fsp3) is 0.583. The summed E-state index contributed by atoms with van der Waals surface area (Å²) in [6.45, 7) is 1.89. The Balaban J connectivity index is 2.41. The molecule has 1 heterocycles. The van der Waals surface area contributed by atoms with Gasteiger partial charge in [0, 0.05) is 13.3 Å². The molecular formula is C12H16N2O3. The van der Waals surface area contributed by atoms with Crippen molar-refractivity contribution >= 4 is 5.97 Å². The first-order valence-corrected chi connectivity index (χ1v) is 5.78. The second kappa shape index (κ2) is 4.41. The maximum atomic E-state index is 11.0. The summed E-state index contributed by atoms with van der Waals surface area (Å²) in [7, 11) is 1.65. The van der Waals surface area contributed by atoms with Crippen LogP contribution in [0.1, 0.15) is 48.1 Å². The van der Waals surface area contributed by atoms with E-state index in [0.717, 1.165) is 19.3 Å². The SMILES string of the molecule is CCc1nc(C2(OC)CCC2)ncc1C(=O)O. The number of methoxy groups -OCH3 is 1. The highest BCUT2D eigenvalue weighted by atomic mass is 16.5. The molecule has 1 N–H and O–H groups in total. The second-order valence-corrected chi connectivity index (χ2v) is 4.26. The molecule has 2 rings (SSSR count). The summed E-state index contributed by atoms with van der Waals surface area (Å²) in [5.41, 5.74) is 0.369. The largest absolute Gasteiger partial charge is 0.478 e. The van der Waals surface area contributed by atoms with E-state index >= 15 is 0 Å². The van der Waals surface area contributed by atoms with Crippen LogP contribution in [0.25, 0.3) is 0 Å². The van der Waals surface area contributed by atoms with Crippen LogP contribution in [-0.2, 0) is 16.8 Å². The molecule has 1 fully saturated rings. The molecule has 0 amide bonds. The molecule has 0 aromatic carbocycles. The monoisotopic (exact) mass is 236 g/mol. The number of aryl methyl sites for hydroxylation is 1. The van der Waals surface area contributed by atoms with Crippen molar-refractivity contribution in [2.24, 2.45) is 0 Å². The van der Waals surface area contributed by atoms with Gasteiger partial charge in [0.2, 0.25) is 0 Å². The smallest absolute Gasteiger partial charge is 0.339 e. The Morgan fingerprint density at radius 2 is 2.29 bits per heavy atom. The van der Waals surface area contributed by atoms with E-state index in [-0.39, 0.29) is 11.2 Å². The van der Waals surface area contributed by atoms with E-state index in [1.807, 2.05) is 6.92 Å². The summed E-state index contributed by atoms with van der Waals surface area (Å²) in [5, 5.41) is 9.01. The van der Waals surface area contributed by atoms with Gasteiger partial charge in [-0.2, -0.15) is 0 Å². The van der Waals surface area contributed by atoms with Crippen molar-refractivity contribution in [3.8, 4) is 0 Å². The molecule has 17 heavy (non-hydrogen) atoms. The maximum Gasteiger partial charge on any atom is 0.339 e. The number of carbonyl (C=O) groups is 1. The van der Waals surface area contributed by atoms with E-state index in [2.05, 4.69) is 9.97 Å². The zero-order valence-electron chi connectivity index (χ0n) is 10.1. The van der Waals surface area contributed by atoms with Gasteiger partial charge in [0.05, 0.1) is 11.3 Å². The number of rotatable bonds is 4. The molecule has 1 aliphatic rings. The zero-order valence-corrected chi connectivity index (χ0v) is 10.1. The fourth-order valence-corrected chi connectivity index (χ4v) is 2.10. The van der Waals surface area contributed by atoms with Gasteiger partial charge in [-0.15, -0.1) is 0 Å². The lowest BCUT2D eigenvalue weighted by Gasteiger charge is -2.38. The molecule has 5 heteroatoms. The predicted octanol–water partition coefficient (Wildman–Crippen LogP) is 1.76. The third-order valence-corrected chi connectivity index (χ3v) is 3.39. The summed E-state index contributed by atoms with van der Waals surface area (Å²) in [6.07, 6.45) is 4.87. The second-order valence-electron chi connectivity index (χ2n) is 4.26. The molecule has 0 aliphatic heterocycles. The van der Waals surface area contributed by atoms with E-state index in [4.69, 9.17) is 9.84 Å². The van der Waals surface area contributed by atoms with Gasteiger partial charge < -0.3 is 9.84 Å². The third-order valence-electron chi connectivity index (χ3n) is 3.39. The first kappa shape index (κ1) is 12.0. The summed E-state index contributed by atoms with van der Waals surface area (Å²) in [4.78, 5) is 19.5. The van der Waals surface area contributed by atoms with Crippen LogP contribution in [0.5, 0.6) is 0 Å². The summed E-state index contributed by atoms with van der Waals surface area (Å²) < 4.78 is 5.49. The van der Waals surface area contributed by atoms with Crippen molar-refractivity contribution in [3.63, 3.8) is 0 Å². The number of carboxylic acids is 1. The Labute approximate surface area is 99.9 Å². The molecule has 5 nitrogen and oxygen atoms in total. The van der Waals surface area contributed by atoms with Gasteiger partial charge in [-0.05, 0) is 25.7 Å². The molecule has 0 unspecified atom stereocenters. The van der Waals surface area contributed by atoms with E-state index in [1.54, 1.807) is 7.11 Å². The molecule has 0 atom stereocenters. The molecule has 1 saturated carbocycles. The first-order valence-electron chi connectivity index (χ1n) is 5.78. The Kier molecular flexibility index (Phi) is 3.11. The zero-order chi connectivity index (χ0) is 12.5. The van der Waals surface area contributed by atoms with Crippen LogP contribution >= 0.6 is 0 Å². The molecule has 92 valence electrons. The highest BCUT2D eigenvalue weighted by Gasteiger charge is 2.42. The van der Waals surface area contributed by atoms with E-state index in [1.165, 1.54) is 6.20 Å². The standard InChI is InChI=1S/C12H16N2O3/c1-3-9-8(10(15)16)7-13-11(14-9)12(17-2)5-4-6-12/h7H,3-6H2,1-2H3,(H,15,16). The molecule has 0 saturated heterocycles. The highest BCUT2D eigenvalue weighted by Crippen LogP contribution is 2.42. The molecule has 0 radical (unpaired) electrons. The number of nitrogens with zero attached hydrogens (tertiary/aromatic N) is 2. The average Bonchev–Trinajstić information content (AvgIpc) is 2.28. The van der Waals surface area contributed by atoms with Crippen LogP contribution < -0.4 is 0 Å². The minimum atomic E-state index is -0.978. The van der Waals surface area contributed by atoms with Gasteiger partial charge in [-0.25, -0.2) is 14.8 Å². The van der Waals surface area contributed by atoms with Crippen molar-refractivity contribution < 1.29 is 14.6 Å². The van der Waals surface area contributed by atoms with Crippen molar-refractivity contribution in [2.45, 2.75) is 38.2 Å². The van der Waals surface area contributed by atoms with Gasteiger partial charge in [0.1, 0.15) is 5.60 Å². The Bertz CT molecular complexity index is 436. The fourth-order valence-electron chi connectivity index (χ4n) is 2.10. The summed E-state index contributed by atoms with van der Waals surface area (Å²) in [6, 6.07) is 0. The quantitative estimate of drug-likeness (QED) is 0.862. The van der Waals surface area contributed by atoms with Crippen LogP contribution in [0, 0.1) is 0 Å². The third kappa shape index (κ3) is 1.91. The van der Waals surface area contributed by atoms with E-state index in [9.17, 15) is 4.79 Å². The lowest BCUT2D eigenvalue weighted by Crippen LogP contribution is -2.38. The lowest BCUT2D eigenvalue weighted by molar-refractivity contribution is -0.0848. The first-order chi connectivity index (χ1) is 8.13. The van der Waals surface area contributed by atoms with Crippen molar-refractivity contribution in [1.29, 1.82) is 0 Å². The number of aromatic nitrogens is 2. The normalized spacial score (nSPS) is 17.5. The van der Waals surface area contributed by atoms with Crippen LogP contribution in [-0.4, -0.2) is 28.2 Å². The average molecular weight is 236 g/mol. The van der Waals surface area contributed by atoms with Crippen molar-refractivity contribution in [2.75, 3.05) is 7.11 Å². The van der Waals surface area contributed by atoms with Crippen LogP contribution in [0.15, 0.2) is 6.20 Å². The van der Waals surface area contributed by atoms with Crippen molar-refractivity contribution in [1.82, 2.24) is 9.97 Å². The van der Waals surface area contributed by atoms with Crippen LogP contribution in [0.3, 0.4) is 0 Å². The Morgan fingerprint density at radius 3 is 2.71 bits per heavy atom. The van der Waals surface area contributed by atoms with Gasteiger partial charge in [0.15, 0.2) is 5.82 Å². The minimum absolute atomic E-state index is 0.182.